The number of ether oxygens (including phenoxy) is 1. The second-order valence-corrected chi connectivity index (χ2v) is 6.24. The van der Waals surface area contributed by atoms with E-state index >= 15 is 0 Å². The normalized spacial score (nSPS) is 11.8. The Balaban J connectivity index is 1.62. The summed E-state index contributed by atoms with van der Waals surface area (Å²) in [7, 11) is 0. The van der Waals surface area contributed by atoms with Gasteiger partial charge in [-0.05, 0) is 38.1 Å². The van der Waals surface area contributed by atoms with Gasteiger partial charge in [0.1, 0.15) is 11.6 Å². The lowest BCUT2D eigenvalue weighted by Crippen LogP contribution is -2.30. The lowest BCUT2D eigenvalue weighted by Gasteiger charge is -2.13. The summed E-state index contributed by atoms with van der Waals surface area (Å²) in [6.45, 7) is 3.62. The van der Waals surface area contributed by atoms with Crippen LogP contribution in [-0.4, -0.2) is 21.4 Å². The van der Waals surface area contributed by atoms with Gasteiger partial charge in [0.25, 0.3) is 5.91 Å². The molecule has 0 saturated heterocycles. The zero-order valence-corrected chi connectivity index (χ0v) is 14.5. The second-order valence-electron chi connectivity index (χ2n) is 5.49. The number of hydrogen-bond acceptors (Lipinski definition) is 5. The Hall–Kier alpha value is -2.80. The van der Waals surface area contributed by atoms with E-state index in [0.717, 1.165) is 22.7 Å². The van der Waals surface area contributed by atoms with Gasteiger partial charge in [-0.2, -0.15) is 9.36 Å². The highest BCUT2D eigenvalue weighted by atomic mass is 32.1. The van der Waals surface area contributed by atoms with Gasteiger partial charge in [-0.3, -0.25) is 10.1 Å². The topological polar surface area (TPSA) is 64.1 Å². The SMILES string of the molecule is Cc1ccc(-c2nsc(NC(=O)C(C)Oc3ccc(F)cc3)n2)cc1. The van der Waals surface area contributed by atoms with Gasteiger partial charge in [-0.25, -0.2) is 4.39 Å². The minimum absolute atomic E-state index is 0.351. The highest BCUT2D eigenvalue weighted by Crippen LogP contribution is 2.22. The molecule has 0 aliphatic heterocycles. The minimum Gasteiger partial charge on any atom is -0.481 e. The van der Waals surface area contributed by atoms with Crippen molar-refractivity contribution in [1.29, 1.82) is 0 Å². The lowest BCUT2D eigenvalue weighted by molar-refractivity contribution is -0.122. The monoisotopic (exact) mass is 357 g/mol. The fourth-order valence-corrected chi connectivity index (χ4v) is 2.66. The summed E-state index contributed by atoms with van der Waals surface area (Å²) in [5, 5.41) is 3.08. The van der Waals surface area contributed by atoms with Gasteiger partial charge in [-0.1, -0.05) is 29.8 Å². The maximum atomic E-state index is 12.9. The van der Waals surface area contributed by atoms with Crippen LogP contribution in [0, 0.1) is 12.7 Å². The third-order valence-corrected chi connectivity index (χ3v) is 4.09. The van der Waals surface area contributed by atoms with Crippen molar-refractivity contribution in [1.82, 2.24) is 9.36 Å². The molecule has 1 aromatic heterocycles. The molecule has 1 amide bonds. The molecule has 1 unspecified atom stereocenters. The van der Waals surface area contributed by atoms with Crippen LogP contribution in [0.5, 0.6) is 5.75 Å². The van der Waals surface area contributed by atoms with E-state index in [-0.39, 0.29) is 11.7 Å². The molecular weight excluding hydrogens is 341 g/mol. The number of benzene rings is 2. The van der Waals surface area contributed by atoms with Crippen LogP contribution in [0.4, 0.5) is 9.52 Å². The van der Waals surface area contributed by atoms with Crippen LogP contribution < -0.4 is 10.1 Å². The largest absolute Gasteiger partial charge is 0.481 e. The number of carbonyl (C=O) groups excluding carboxylic acids is 1. The number of nitrogens with zero attached hydrogens (tertiary/aromatic N) is 2. The average molecular weight is 357 g/mol. The Kier molecular flexibility index (Phi) is 5.04. The number of rotatable bonds is 5. The maximum absolute atomic E-state index is 12.9. The molecule has 7 heteroatoms. The second kappa shape index (κ2) is 7.40. The minimum atomic E-state index is -0.753. The number of nitrogens with one attached hydrogen (secondary N) is 1. The Labute approximate surface area is 148 Å². The summed E-state index contributed by atoms with van der Waals surface area (Å²) in [5.74, 6) is 0.270. The standard InChI is InChI=1S/C18H16FN3O2S/c1-11-3-5-13(6-4-11)16-20-18(25-22-16)21-17(23)12(2)24-15-9-7-14(19)8-10-15/h3-10,12H,1-2H3,(H,20,21,22,23). The highest BCUT2D eigenvalue weighted by Gasteiger charge is 2.17. The van der Waals surface area contributed by atoms with Crippen molar-refractivity contribution in [3.05, 3.63) is 59.9 Å². The number of halogens is 1. The first-order valence-corrected chi connectivity index (χ1v) is 8.42. The molecule has 1 heterocycles. The quantitative estimate of drug-likeness (QED) is 0.748. The summed E-state index contributed by atoms with van der Waals surface area (Å²) in [6.07, 6.45) is -0.753. The van der Waals surface area contributed by atoms with Crippen molar-refractivity contribution >= 4 is 22.6 Å². The Morgan fingerprint density at radius 3 is 2.52 bits per heavy atom. The molecule has 0 aliphatic rings. The molecular formula is C18H16FN3O2S. The van der Waals surface area contributed by atoms with E-state index in [4.69, 9.17) is 4.74 Å². The van der Waals surface area contributed by atoms with E-state index in [2.05, 4.69) is 14.7 Å². The van der Waals surface area contributed by atoms with Gasteiger partial charge in [0, 0.05) is 17.1 Å². The van der Waals surface area contributed by atoms with Crippen molar-refractivity contribution in [3.8, 4) is 17.1 Å². The van der Waals surface area contributed by atoms with Gasteiger partial charge >= 0.3 is 0 Å². The Morgan fingerprint density at radius 2 is 1.84 bits per heavy atom. The molecule has 1 atom stereocenters. The van der Waals surface area contributed by atoms with Gasteiger partial charge in [0.15, 0.2) is 11.9 Å². The molecule has 1 N–H and O–H groups in total. The van der Waals surface area contributed by atoms with Gasteiger partial charge < -0.3 is 4.74 Å². The number of carbonyl (C=O) groups is 1. The number of aromatic nitrogens is 2. The third-order valence-electron chi connectivity index (χ3n) is 3.46. The van der Waals surface area contributed by atoms with E-state index in [0.29, 0.717) is 16.7 Å². The highest BCUT2D eigenvalue weighted by molar-refractivity contribution is 7.10. The van der Waals surface area contributed by atoms with Gasteiger partial charge in [0.05, 0.1) is 0 Å². The smallest absolute Gasteiger partial charge is 0.266 e. The Morgan fingerprint density at radius 1 is 1.16 bits per heavy atom. The van der Waals surface area contributed by atoms with Crippen molar-refractivity contribution in [2.24, 2.45) is 0 Å². The molecule has 0 fully saturated rings. The van der Waals surface area contributed by atoms with Crippen LogP contribution in [0.25, 0.3) is 11.4 Å². The summed E-state index contributed by atoms with van der Waals surface area (Å²) < 4.78 is 22.6. The predicted octanol–water partition coefficient (Wildman–Crippen LogP) is 4.06. The molecule has 0 aliphatic carbocycles. The molecule has 0 saturated carbocycles. The number of anilines is 1. The zero-order chi connectivity index (χ0) is 17.8. The predicted molar refractivity (Wildman–Crippen MR) is 95.2 cm³/mol. The molecule has 2 aromatic carbocycles. The van der Waals surface area contributed by atoms with Crippen LogP contribution >= 0.6 is 11.5 Å². The zero-order valence-electron chi connectivity index (χ0n) is 13.7. The molecule has 3 rings (SSSR count). The number of aryl methyl sites for hydroxylation is 1. The van der Waals surface area contributed by atoms with Crippen molar-refractivity contribution in [2.75, 3.05) is 5.32 Å². The van der Waals surface area contributed by atoms with Crippen LogP contribution in [0.3, 0.4) is 0 Å². The first kappa shape index (κ1) is 17.0. The average Bonchev–Trinajstić information content (AvgIpc) is 3.06. The molecule has 128 valence electrons. The molecule has 0 spiro atoms. The van der Waals surface area contributed by atoms with Crippen LogP contribution in [-0.2, 0) is 4.79 Å². The van der Waals surface area contributed by atoms with Crippen LogP contribution in [0.15, 0.2) is 48.5 Å². The Bertz CT molecular complexity index is 863. The van der Waals surface area contributed by atoms with E-state index in [9.17, 15) is 9.18 Å². The number of amides is 1. The fraction of sp³-hybridized carbons (Fsp3) is 0.167. The third kappa shape index (κ3) is 4.39. The fourth-order valence-electron chi connectivity index (χ4n) is 2.07. The summed E-state index contributed by atoms with van der Waals surface area (Å²) in [6, 6.07) is 13.3. The van der Waals surface area contributed by atoms with Crippen molar-refractivity contribution in [2.45, 2.75) is 20.0 Å². The summed E-state index contributed by atoms with van der Waals surface area (Å²) in [4.78, 5) is 16.5. The molecule has 25 heavy (non-hydrogen) atoms. The number of hydrogen-bond donors (Lipinski definition) is 1. The van der Waals surface area contributed by atoms with E-state index < -0.39 is 6.10 Å². The first-order valence-electron chi connectivity index (χ1n) is 7.65. The molecule has 5 nitrogen and oxygen atoms in total. The van der Waals surface area contributed by atoms with Gasteiger partial charge in [0.2, 0.25) is 5.13 Å². The maximum Gasteiger partial charge on any atom is 0.266 e. The van der Waals surface area contributed by atoms with Crippen molar-refractivity contribution in [3.63, 3.8) is 0 Å². The van der Waals surface area contributed by atoms with Gasteiger partial charge in [-0.15, -0.1) is 0 Å². The van der Waals surface area contributed by atoms with Crippen LogP contribution in [0.2, 0.25) is 0 Å². The molecule has 0 bridgehead atoms. The summed E-state index contributed by atoms with van der Waals surface area (Å²) in [5.41, 5.74) is 2.04. The molecule has 3 aromatic rings. The summed E-state index contributed by atoms with van der Waals surface area (Å²) >= 11 is 1.10. The van der Waals surface area contributed by atoms with Crippen molar-refractivity contribution < 1.29 is 13.9 Å². The van der Waals surface area contributed by atoms with E-state index in [1.807, 2.05) is 31.2 Å². The van der Waals surface area contributed by atoms with Crippen LogP contribution in [0.1, 0.15) is 12.5 Å². The van der Waals surface area contributed by atoms with E-state index in [1.165, 1.54) is 24.3 Å². The molecule has 0 radical (unpaired) electrons. The lowest BCUT2D eigenvalue weighted by atomic mass is 10.1. The van der Waals surface area contributed by atoms with E-state index in [1.54, 1.807) is 6.92 Å². The first-order chi connectivity index (χ1) is 12.0.